The molecule has 0 saturated carbocycles. The molecule has 1 fully saturated rings. The van der Waals surface area contributed by atoms with E-state index >= 15 is 0 Å². The summed E-state index contributed by atoms with van der Waals surface area (Å²) in [4.78, 5) is 15.1. The number of morpholine rings is 1. The molecule has 4 nitrogen and oxygen atoms in total. The molecule has 0 spiro atoms. The predicted octanol–water partition coefficient (Wildman–Crippen LogP) is 4.46. The Morgan fingerprint density at radius 2 is 1.88 bits per heavy atom. The van der Waals surface area contributed by atoms with Gasteiger partial charge in [-0.2, -0.15) is 0 Å². The van der Waals surface area contributed by atoms with E-state index in [4.69, 9.17) is 9.47 Å². The van der Waals surface area contributed by atoms with Crippen molar-refractivity contribution in [3.8, 4) is 0 Å². The smallest absolute Gasteiger partial charge is 0.187 e. The largest absolute Gasteiger partial charge is 0.378 e. The first kappa shape index (κ1) is 20.7. The standard InChI is InChI=1S/C22H33NO3/c1-4-5-6-10-13-22(2,25-3)21(23-14-16-26-17-15-23)18-20(24)19-11-8-7-9-12-19/h7-9,11-12,18H,4-6,10,13-17H2,1-3H3/b21-18-. The van der Waals surface area contributed by atoms with E-state index < -0.39 is 5.60 Å². The second-order valence-corrected chi connectivity index (χ2v) is 7.10. The highest BCUT2D eigenvalue weighted by atomic mass is 16.5. The Bertz CT molecular complexity index is 578. The molecule has 0 bridgehead atoms. The topological polar surface area (TPSA) is 38.8 Å². The van der Waals surface area contributed by atoms with Crippen molar-refractivity contribution in [2.75, 3.05) is 33.4 Å². The van der Waals surface area contributed by atoms with Gasteiger partial charge in [-0.05, 0) is 13.3 Å². The summed E-state index contributed by atoms with van der Waals surface area (Å²) < 4.78 is 11.5. The third-order valence-electron chi connectivity index (χ3n) is 5.18. The molecule has 1 aliphatic rings. The molecule has 1 aromatic rings. The number of unbranched alkanes of at least 4 members (excludes halogenated alkanes) is 3. The maximum atomic E-state index is 12.8. The Morgan fingerprint density at radius 1 is 1.19 bits per heavy atom. The van der Waals surface area contributed by atoms with Gasteiger partial charge in [-0.3, -0.25) is 4.79 Å². The molecule has 2 rings (SSSR count). The van der Waals surface area contributed by atoms with Gasteiger partial charge in [0.05, 0.1) is 13.2 Å². The Labute approximate surface area is 158 Å². The minimum absolute atomic E-state index is 0.0314. The number of nitrogens with zero attached hydrogens (tertiary/aromatic N) is 1. The first-order chi connectivity index (χ1) is 12.6. The number of ketones is 1. The molecule has 1 saturated heterocycles. The van der Waals surface area contributed by atoms with Crippen LogP contribution in [0.25, 0.3) is 0 Å². The Hall–Kier alpha value is -1.65. The molecule has 1 aromatic carbocycles. The zero-order valence-electron chi connectivity index (χ0n) is 16.5. The number of allylic oxidation sites excluding steroid dienone is 1. The van der Waals surface area contributed by atoms with Crippen LogP contribution in [0.3, 0.4) is 0 Å². The predicted molar refractivity (Wildman–Crippen MR) is 105 cm³/mol. The van der Waals surface area contributed by atoms with Gasteiger partial charge in [0.2, 0.25) is 0 Å². The molecule has 144 valence electrons. The monoisotopic (exact) mass is 359 g/mol. The van der Waals surface area contributed by atoms with Crippen molar-refractivity contribution in [3.63, 3.8) is 0 Å². The van der Waals surface area contributed by atoms with E-state index in [2.05, 4.69) is 18.7 Å². The van der Waals surface area contributed by atoms with Crippen molar-refractivity contribution in [3.05, 3.63) is 47.7 Å². The normalized spacial score (nSPS) is 17.8. The lowest BCUT2D eigenvalue weighted by atomic mass is 9.91. The molecule has 0 radical (unpaired) electrons. The van der Waals surface area contributed by atoms with E-state index in [1.54, 1.807) is 13.2 Å². The first-order valence-electron chi connectivity index (χ1n) is 9.80. The highest BCUT2D eigenvalue weighted by Crippen LogP contribution is 2.31. The van der Waals surface area contributed by atoms with Crippen molar-refractivity contribution < 1.29 is 14.3 Å². The van der Waals surface area contributed by atoms with Crippen molar-refractivity contribution in [1.29, 1.82) is 0 Å². The number of ether oxygens (including phenoxy) is 2. The molecule has 1 unspecified atom stereocenters. The fourth-order valence-corrected chi connectivity index (χ4v) is 3.42. The molecule has 1 aliphatic heterocycles. The van der Waals surface area contributed by atoms with E-state index in [1.165, 1.54) is 19.3 Å². The van der Waals surface area contributed by atoms with Crippen LogP contribution in [-0.2, 0) is 9.47 Å². The summed E-state index contributed by atoms with van der Waals surface area (Å²) >= 11 is 0. The maximum absolute atomic E-state index is 12.8. The molecular weight excluding hydrogens is 326 g/mol. The van der Waals surface area contributed by atoms with Gasteiger partial charge in [-0.15, -0.1) is 0 Å². The Morgan fingerprint density at radius 3 is 2.50 bits per heavy atom. The lowest BCUT2D eigenvalue weighted by Crippen LogP contribution is -2.45. The fraction of sp³-hybridized carbons (Fsp3) is 0.591. The van der Waals surface area contributed by atoms with Crippen LogP contribution in [0.4, 0.5) is 0 Å². The summed E-state index contributed by atoms with van der Waals surface area (Å²) in [6, 6.07) is 9.45. The molecule has 0 amide bonds. The second-order valence-electron chi connectivity index (χ2n) is 7.10. The number of carbonyl (C=O) groups excluding carboxylic acids is 1. The van der Waals surface area contributed by atoms with Gasteiger partial charge in [0.1, 0.15) is 5.60 Å². The zero-order chi connectivity index (χ0) is 18.8. The Kier molecular flexibility index (Phi) is 8.33. The first-order valence-corrected chi connectivity index (χ1v) is 9.80. The molecule has 0 aromatic heterocycles. The summed E-state index contributed by atoms with van der Waals surface area (Å²) in [5, 5.41) is 0. The van der Waals surface area contributed by atoms with Gasteiger partial charge >= 0.3 is 0 Å². The lowest BCUT2D eigenvalue weighted by molar-refractivity contribution is -0.0174. The van der Waals surface area contributed by atoms with E-state index in [9.17, 15) is 4.79 Å². The molecule has 26 heavy (non-hydrogen) atoms. The minimum atomic E-state index is -0.463. The van der Waals surface area contributed by atoms with Gasteiger partial charge in [0.25, 0.3) is 0 Å². The average Bonchev–Trinajstić information content (AvgIpc) is 2.70. The Balaban J connectivity index is 2.26. The van der Waals surface area contributed by atoms with Crippen LogP contribution in [0.2, 0.25) is 0 Å². The van der Waals surface area contributed by atoms with Crippen molar-refractivity contribution in [2.24, 2.45) is 0 Å². The number of hydrogen-bond acceptors (Lipinski definition) is 4. The number of methoxy groups -OCH3 is 1. The lowest BCUT2D eigenvalue weighted by Gasteiger charge is -2.40. The van der Waals surface area contributed by atoms with Crippen LogP contribution in [-0.4, -0.2) is 49.7 Å². The van der Waals surface area contributed by atoms with Gasteiger partial charge in [-0.1, -0.05) is 62.9 Å². The van der Waals surface area contributed by atoms with Gasteiger partial charge in [0.15, 0.2) is 5.78 Å². The van der Waals surface area contributed by atoms with Gasteiger partial charge in [-0.25, -0.2) is 0 Å². The van der Waals surface area contributed by atoms with Crippen LogP contribution >= 0.6 is 0 Å². The average molecular weight is 360 g/mol. The summed E-state index contributed by atoms with van der Waals surface area (Å²) in [6.07, 6.45) is 7.43. The molecular formula is C22H33NO3. The van der Waals surface area contributed by atoms with Crippen LogP contribution in [0.5, 0.6) is 0 Å². The van der Waals surface area contributed by atoms with E-state index in [0.717, 1.165) is 31.6 Å². The summed E-state index contributed by atoms with van der Waals surface area (Å²) in [7, 11) is 1.75. The van der Waals surface area contributed by atoms with Crippen molar-refractivity contribution in [2.45, 2.75) is 51.6 Å². The summed E-state index contributed by atoms with van der Waals surface area (Å²) in [6.45, 7) is 7.29. The summed E-state index contributed by atoms with van der Waals surface area (Å²) in [5.74, 6) is 0.0314. The van der Waals surface area contributed by atoms with E-state index in [0.29, 0.717) is 18.8 Å². The number of benzene rings is 1. The van der Waals surface area contributed by atoms with Crippen LogP contribution in [0.1, 0.15) is 56.3 Å². The molecule has 4 heteroatoms. The number of hydrogen-bond donors (Lipinski definition) is 0. The maximum Gasteiger partial charge on any atom is 0.187 e. The number of carbonyl (C=O) groups is 1. The SMILES string of the molecule is CCCCCCC(C)(OC)/C(=C/C(=O)c1ccccc1)N1CCOCC1. The minimum Gasteiger partial charge on any atom is -0.378 e. The summed E-state index contributed by atoms with van der Waals surface area (Å²) in [5.41, 5.74) is 1.23. The number of rotatable bonds is 10. The van der Waals surface area contributed by atoms with Gasteiger partial charge in [0, 0.05) is 37.5 Å². The second kappa shape index (κ2) is 10.5. The zero-order valence-corrected chi connectivity index (χ0v) is 16.5. The third-order valence-corrected chi connectivity index (χ3v) is 5.18. The van der Waals surface area contributed by atoms with Crippen molar-refractivity contribution in [1.82, 2.24) is 4.90 Å². The third kappa shape index (κ3) is 5.68. The van der Waals surface area contributed by atoms with Crippen LogP contribution in [0.15, 0.2) is 42.1 Å². The van der Waals surface area contributed by atoms with Crippen LogP contribution in [0, 0.1) is 0 Å². The van der Waals surface area contributed by atoms with Crippen molar-refractivity contribution >= 4 is 5.78 Å². The quantitative estimate of drug-likeness (QED) is 0.351. The molecule has 1 atom stereocenters. The fourth-order valence-electron chi connectivity index (χ4n) is 3.42. The van der Waals surface area contributed by atoms with E-state index in [1.807, 2.05) is 30.3 Å². The van der Waals surface area contributed by atoms with Gasteiger partial charge < -0.3 is 14.4 Å². The molecule has 0 aliphatic carbocycles. The highest BCUT2D eigenvalue weighted by Gasteiger charge is 2.33. The highest BCUT2D eigenvalue weighted by molar-refractivity contribution is 6.05. The van der Waals surface area contributed by atoms with E-state index in [-0.39, 0.29) is 5.78 Å². The van der Waals surface area contributed by atoms with Crippen LogP contribution < -0.4 is 0 Å². The molecule has 1 heterocycles. The molecule has 0 N–H and O–H groups in total.